The molecular weight excluding hydrogens is 436 g/mol. The van der Waals surface area contributed by atoms with E-state index in [1.54, 1.807) is 6.07 Å². The molecule has 0 aliphatic carbocycles. The van der Waals surface area contributed by atoms with Crippen molar-refractivity contribution in [1.82, 2.24) is 4.90 Å². The van der Waals surface area contributed by atoms with Crippen molar-refractivity contribution in [2.24, 2.45) is 0 Å². The molecule has 2 aromatic carbocycles. The predicted molar refractivity (Wildman–Crippen MR) is 136 cm³/mol. The van der Waals surface area contributed by atoms with Crippen LogP contribution in [0.15, 0.2) is 57.7 Å². The molecule has 1 amide bonds. The second kappa shape index (κ2) is 9.49. The lowest BCUT2D eigenvalue weighted by atomic mass is 10.1. The third kappa shape index (κ3) is 4.72. The van der Waals surface area contributed by atoms with Gasteiger partial charge >= 0.3 is 0 Å². The number of carbonyl (C=O) groups excluding carboxylic acids is 1. The summed E-state index contributed by atoms with van der Waals surface area (Å²) in [6.07, 6.45) is 0. The molecule has 5 rings (SSSR count). The Morgan fingerprint density at radius 2 is 1.67 bits per heavy atom. The normalized spacial score (nSPS) is 17.4. The molecule has 2 aliphatic rings. The molecule has 0 bridgehead atoms. The average Bonchev–Trinajstić information content (AvgIpc) is 2.85. The molecule has 172 valence electrons. The Labute approximate surface area is 197 Å². The number of nitrogens with zero attached hydrogens (tertiary/aromatic N) is 3. The molecule has 2 fully saturated rings. The number of nitrogens with one attached hydrogen (secondary N) is 1. The number of hydrogen-bond acceptors (Lipinski definition) is 7. The van der Waals surface area contributed by atoms with Crippen LogP contribution in [0.4, 0.5) is 17.1 Å². The van der Waals surface area contributed by atoms with Crippen molar-refractivity contribution in [2.45, 2.75) is 0 Å². The molecule has 0 unspecified atom stereocenters. The van der Waals surface area contributed by atoms with Crippen molar-refractivity contribution in [3.63, 3.8) is 0 Å². The lowest BCUT2D eigenvalue weighted by Crippen LogP contribution is -2.44. The van der Waals surface area contributed by atoms with Crippen LogP contribution >= 0.6 is 11.8 Å². The second-order valence-corrected chi connectivity index (χ2v) is 9.74. The van der Waals surface area contributed by atoms with Crippen LogP contribution in [0, 0.1) is 0 Å². The van der Waals surface area contributed by atoms with Crippen LogP contribution in [0.5, 0.6) is 0 Å². The van der Waals surface area contributed by atoms with Crippen molar-refractivity contribution >= 4 is 45.7 Å². The fraction of sp³-hybridized carbons (Fsp3) is 0.360. The largest absolute Gasteiger partial charge is 0.448 e. The van der Waals surface area contributed by atoms with E-state index >= 15 is 0 Å². The summed E-state index contributed by atoms with van der Waals surface area (Å²) in [5.41, 5.74) is 2.94. The number of thioether (sulfide) groups is 1. The number of amides is 1. The van der Waals surface area contributed by atoms with E-state index in [0.717, 1.165) is 62.1 Å². The van der Waals surface area contributed by atoms with Crippen LogP contribution in [0.2, 0.25) is 0 Å². The van der Waals surface area contributed by atoms with E-state index in [2.05, 4.69) is 27.1 Å². The molecule has 7 nitrogen and oxygen atoms in total. The molecule has 0 spiro atoms. The van der Waals surface area contributed by atoms with Crippen LogP contribution in [0.1, 0.15) is 10.6 Å². The summed E-state index contributed by atoms with van der Waals surface area (Å²) < 4.78 is 6.03. The van der Waals surface area contributed by atoms with E-state index in [1.807, 2.05) is 48.2 Å². The van der Waals surface area contributed by atoms with E-state index in [9.17, 15) is 9.59 Å². The minimum Gasteiger partial charge on any atom is -0.448 e. The Bertz CT molecular complexity index is 1200. The molecule has 0 atom stereocenters. The van der Waals surface area contributed by atoms with Gasteiger partial charge in [0.2, 0.25) is 0 Å². The minimum absolute atomic E-state index is 0.0196. The fourth-order valence-electron chi connectivity index (χ4n) is 4.34. The standard InChI is InChI=1S/C25H28N4O3S/c1-27-9-11-29(12-10-27)21-4-2-3-20-22(30)17-23(32-24(20)21)25(31)26-18-5-7-19(8-6-18)28-13-15-33-16-14-28/h2-8,17H,9-16H2,1H3,(H,26,31). The van der Waals surface area contributed by atoms with Gasteiger partial charge in [-0.05, 0) is 43.4 Å². The fourth-order valence-corrected chi connectivity index (χ4v) is 5.24. The number of carbonyl (C=O) groups is 1. The minimum atomic E-state index is -0.427. The zero-order valence-electron chi connectivity index (χ0n) is 18.8. The maximum absolute atomic E-state index is 12.9. The molecule has 3 heterocycles. The molecule has 2 aliphatic heterocycles. The highest BCUT2D eigenvalue weighted by Gasteiger charge is 2.20. The van der Waals surface area contributed by atoms with Crippen LogP contribution < -0.4 is 20.5 Å². The molecular formula is C25H28N4O3S. The predicted octanol–water partition coefficient (Wildman–Crippen LogP) is 3.35. The van der Waals surface area contributed by atoms with Crippen LogP contribution in [0.3, 0.4) is 0 Å². The smallest absolute Gasteiger partial charge is 0.291 e. The van der Waals surface area contributed by atoms with Gasteiger partial charge in [0.25, 0.3) is 5.91 Å². The lowest BCUT2D eigenvalue weighted by molar-refractivity contribution is 0.0997. The van der Waals surface area contributed by atoms with E-state index in [4.69, 9.17) is 4.42 Å². The number of anilines is 3. The molecule has 33 heavy (non-hydrogen) atoms. The monoisotopic (exact) mass is 464 g/mol. The topological polar surface area (TPSA) is 69.0 Å². The molecule has 1 N–H and O–H groups in total. The number of hydrogen-bond donors (Lipinski definition) is 1. The lowest BCUT2D eigenvalue weighted by Gasteiger charge is -2.34. The van der Waals surface area contributed by atoms with Crippen molar-refractivity contribution in [2.75, 3.05) is 72.9 Å². The van der Waals surface area contributed by atoms with Crippen LogP contribution in [0.25, 0.3) is 11.0 Å². The van der Waals surface area contributed by atoms with Crippen LogP contribution in [-0.4, -0.2) is 68.6 Å². The summed E-state index contributed by atoms with van der Waals surface area (Å²) in [5.74, 6) is 1.86. The molecule has 3 aromatic rings. The number of fused-ring (bicyclic) bond motifs is 1. The van der Waals surface area contributed by atoms with Gasteiger partial charge in [-0.15, -0.1) is 0 Å². The summed E-state index contributed by atoms with van der Waals surface area (Å²) in [7, 11) is 2.10. The maximum Gasteiger partial charge on any atom is 0.291 e. The van der Waals surface area contributed by atoms with Gasteiger partial charge in [-0.3, -0.25) is 9.59 Å². The van der Waals surface area contributed by atoms with Crippen molar-refractivity contribution in [3.05, 3.63) is 64.5 Å². The number of likely N-dealkylation sites (N-methyl/N-ethyl adjacent to an activating group) is 1. The highest BCUT2D eigenvalue weighted by molar-refractivity contribution is 7.99. The summed E-state index contributed by atoms with van der Waals surface area (Å²) in [5, 5.41) is 3.36. The van der Waals surface area contributed by atoms with E-state index in [-0.39, 0.29) is 11.2 Å². The van der Waals surface area contributed by atoms with E-state index in [1.165, 1.54) is 6.07 Å². The Kier molecular flexibility index (Phi) is 6.28. The Hall–Kier alpha value is -2.97. The van der Waals surface area contributed by atoms with Crippen LogP contribution in [-0.2, 0) is 0 Å². The zero-order valence-corrected chi connectivity index (χ0v) is 19.6. The Morgan fingerprint density at radius 3 is 2.39 bits per heavy atom. The van der Waals surface area contributed by atoms with Gasteiger partial charge in [-0.25, -0.2) is 0 Å². The van der Waals surface area contributed by atoms with Crippen molar-refractivity contribution < 1.29 is 9.21 Å². The van der Waals surface area contributed by atoms with Gasteiger partial charge in [-0.2, -0.15) is 11.8 Å². The molecule has 1 aromatic heterocycles. The number of piperazine rings is 1. The first-order chi connectivity index (χ1) is 16.1. The molecule has 0 radical (unpaired) electrons. The van der Waals surface area contributed by atoms with Crippen molar-refractivity contribution in [1.29, 1.82) is 0 Å². The SMILES string of the molecule is CN1CCN(c2cccc3c(=O)cc(C(=O)Nc4ccc(N5CCSCC5)cc4)oc23)CC1. The highest BCUT2D eigenvalue weighted by Crippen LogP contribution is 2.27. The third-order valence-corrected chi connectivity index (χ3v) is 7.25. The number of para-hydroxylation sites is 1. The van der Waals surface area contributed by atoms with E-state index < -0.39 is 5.91 Å². The summed E-state index contributed by atoms with van der Waals surface area (Å²) in [4.78, 5) is 32.6. The molecule has 8 heteroatoms. The van der Waals surface area contributed by atoms with Gasteiger partial charge in [0.05, 0.1) is 11.1 Å². The average molecular weight is 465 g/mol. The molecule has 0 saturated carbocycles. The highest BCUT2D eigenvalue weighted by atomic mass is 32.2. The Balaban J connectivity index is 1.38. The van der Waals surface area contributed by atoms with Gasteiger partial charge < -0.3 is 24.4 Å². The number of benzene rings is 2. The van der Waals surface area contributed by atoms with E-state index in [0.29, 0.717) is 16.7 Å². The van der Waals surface area contributed by atoms with Gasteiger partial charge in [0.15, 0.2) is 16.8 Å². The van der Waals surface area contributed by atoms with Gasteiger partial charge in [0.1, 0.15) is 0 Å². The summed E-state index contributed by atoms with van der Waals surface area (Å²) in [6, 6.07) is 14.7. The third-order valence-electron chi connectivity index (χ3n) is 6.30. The van der Waals surface area contributed by atoms with Gasteiger partial charge in [0, 0.05) is 68.2 Å². The van der Waals surface area contributed by atoms with Crippen molar-refractivity contribution in [3.8, 4) is 0 Å². The summed E-state index contributed by atoms with van der Waals surface area (Å²) in [6.45, 7) is 5.64. The quantitative estimate of drug-likeness (QED) is 0.635. The first-order valence-corrected chi connectivity index (χ1v) is 12.5. The first kappa shape index (κ1) is 21.9. The van der Waals surface area contributed by atoms with Gasteiger partial charge in [-0.1, -0.05) is 6.07 Å². The maximum atomic E-state index is 12.9. The number of rotatable bonds is 4. The Morgan fingerprint density at radius 1 is 0.939 bits per heavy atom. The molecule has 2 saturated heterocycles. The second-order valence-electron chi connectivity index (χ2n) is 8.52. The first-order valence-electron chi connectivity index (χ1n) is 11.3. The zero-order chi connectivity index (χ0) is 22.8. The summed E-state index contributed by atoms with van der Waals surface area (Å²) >= 11 is 1.97.